The minimum atomic E-state index is -0.251. The summed E-state index contributed by atoms with van der Waals surface area (Å²) < 4.78 is 5.37. The van der Waals surface area contributed by atoms with Crippen molar-refractivity contribution in [2.24, 2.45) is 5.92 Å². The summed E-state index contributed by atoms with van der Waals surface area (Å²) in [7, 11) is 0. The minimum Gasteiger partial charge on any atom is -0.381 e. The first-order valence-corrected chi connectivity index (χ1v) is 7.05. The molecule has 0 spiro atoms. The summed E-state index contributed by atoms with van der Waals surface area (Å²) in [5.74, 6) is 0.557. The van der Waals surface area contributed by atoms with Crippen molar-refractivity contribution in [2.75, 3.05) is 26.3 Å². The van der Waals surface area contributed by atoms with Gasteiger partial charge < -0.3 is 4.74 Å². The SMILES string of the molecule is CCC(C)(C(=O)C1CCOC1)N1CCCCC1. The molecule has 0 aromatic heterocycles. The van der Waals surface area contributed by atoms with Gasteiger partial charge in [0.25, 0.3) is 0 Å². The predicted octanol–water partition coefficient (Wildman–Crippen LogP) is 2.25. The van der Waals surface area contributed by atoms with Crippen molar-refractivity contribution in [2.45, 2.75) is 51.5 Å². The number of nitrogens with zero attached hydrogens (tertiary/aromatic N) is 1. The topological polar surface area (TPSA) is 29.5 Å². The predicted molar refractivity (Wildman–Crippen MR) is 68.1 cm³/mol. The molecule has 2 unspecified atom stereocenters. The van der Waals surface area contributed by atoms with Crippen molar-refractivity contribution in [3.8, 4) is 0 Å². The highest BCUT2D eigenvalue weighted by atomic mass is 16.5. The molecular weight excluding hydrogens is 214 g/mol. The summed E-state index contributed by atoms with van der Waals surface area (Å²) in [6.07, 6.45) is 5.63. The lowest BCUT2D eigenvalue weighted by molar-refractivity contribution is -0.135. The Bertz CT molecular complexity index is 267. The van der Waals surface area contributed by atoms with Gasteiger partial charge in [-0.3, -0.25) is 9.69 Å². The van der Waals surface area contributed by atoms with Crippen LogP contribution in [0, 0.1) is 5.92 Å². The maximum atomic E-state index is 12.7. The van der Waals surface area contributed by atoms with Gasteiger partial charge in [0, 0.05) is 12.5 Å². The monoisotopic (exact) mass is 239 g/mol. The molecule has 2 aliphatic heterocycles. The van der Waals surface area contributed by atoms with E-state index < -0.39 is 0 Å². The van der Waals surface area contributed by atoms with Crippen LogP contribution in [0.2, 0.25) is 0 Å². The normalized spacial score (nSPS) is 30.1. The van der Waals surface area contributed by atoms with Gasteiger partial charge in [0.1, 0.15) is 0 Å². The van der Waals surface area contributed by atoms with E-state index >= 15 is 0 Å². The number of carbonyl (C=O) groups is 1. The molecule has 2 aliphatic rings. The molecule has 3 nitrogen and oxygen atoms in total. The third kappa shape index (κ3) is 2.55. The molecule has 0 amide bonds. The van der Waals surface area contributed by atoms with Gasteiger partial charge in [-0.1, -0.05) is 13.3 Å². The van der Waals surface area contributed by atoms with Crippen LogP contribution < -0.4 is 0 Å². The quantitative estimate of drug-likeness (QED) is 0.753. The van der Waals surface area contributed by atoms with Crippen molar-refractivity contribution >= 4 is 5.78 Å². The summed E-state index contributed by atoms with van der Waals surface area (Å²) in [4.78, 5) is 15.1. The van der Waals surface area contributed by atoms with Crippen LogP contribution in [0.5, 0.6) is 0 Å². The Kier molecular flexibility index (Phi) is 4.21. The van der Waals surface area contributed by atoms with Crippen molar-refractivity contribution in [1.82, 2.24) is 4.90 Å². The maximum Gasteiger partial charge on any atom is 0.158 e. The average molecular weight is 239 g/mol. The van der Waals surface area contributed by atoms with Crippen LogP contribution in [0.1, 0.15) is 46.0 Å². The Morgan fingerprint density at radius 1 is 1.35 bits per heavy atom. The lowest BCUT2D eigenvalue weighted by Crippen LogP contribution is -2.55. The Morgan fingerprint density at radius 2 is 2.06 bits per heavy atom. The van der Waals surface area contributed by atoms with Gasteiger partial charge >= 0.3 is 0 Å². The van der Waals surface area contributed by atoms with E-state index in [-0.39, 0.29) is 11.5 Å². The van der Waals surface area contributed by atoms with E-state index in [0.717, 1.165) is 32.5 Å². The average Bonchev–Trinajstić information content (AvgIpc) is 2.92. The van der Waals surface area contributed by atoms with E-state index in [1.165, 1.54) is 19.3 Å². The van der Waals surface area contributed by atoms with Crippen molar-refractivity contribution in [3.63, 3.8) is 0 Å². The van der Waals surface area contributed by atoms with E-state index in [2.05, 4.69) is 18.7 Å². The Labute approximate surface area is 105 Å². The van der Waals surface area contributed by atoms with Gasteiger partial charge in [0.15, 0.2) is 5.78 Å². The zero-order valence-corrected chi connectivity index (χ0v) is 11.2. The number of ether oxygens (including phenoxy) is 1. The highest BCUT2D eigenvalue weighted by Gasteiger charge is 2.42. The number of hydrogen-bond acceptors (Lipinski definition) is 3. The van der Waals surface area contributed by atoms with Gasteiger partial charge in [-0.15, -0.1) is 0 Å². The Hall–Kier alpha value is -0.410. The molecule has 0 aliphatic carbocycles. The van der Waals surface area contributed by atoms with E-state index in [9.17, 15) is 4.79 Å². The number of piperidine rings is 1. The molecule has 2 saturated heterocycles. The molecular formula is C14H25NO2. The fourth-order valence-electron chi connectivity index (χ4n) is 3.12. The largest absolute Gasteiger partial charge is 0.381 e. The third-order valence-electron chi connectivity index (χ3n) is 4.57. The lowest BCUT2D eigenvalue weighted by Gasteiger charge is -2.43. The van der Waals surface area contributed by atoms with Gasteiger partial charge in [0.2, 0.25) is 0 Å². The summed E-state index contributed by atoms with van der Waals surface area (Å²) in [5.41, 5.74) is -0.251. The number of Topliss-reactive ketones (excluding diaryl/α,β-unsaturated/α-hetero) is 1. The molecule has 2 heterocycles. The minimum absolute atomic E-state index is 0.141. The molecule has 0 saturated carbocycles. The summed E-state index contributed by atoms with van der Waals surface area (Å²) in [5, 5.41) is 0. The second-order valence-electron chi connectivity index (χ2n) is 5.60. The molecule has 2 rings (SSSR count). The molecule has 3 heteroatoms. The molecule has 0 N–H and O–H groups in total. The molecule has 98 valence electrons. The fraction of sp³-hybridized carbons (Fsp3) is 0.929. The zero-order chi connectivity index (χ0) is 12.3. The summed E-state index contributed by atoms with van der Waals surface area (Å²) in [6.45, 7) is 7.85. The number of hydrogen-bond donors (Lipinski definition) is 0. The van der Waals surface area contributed by atoms with Crippen LogP contribution in [-0.4, -0.2) is 42.5 Å². The van der Waals surface area contributed by atoms with Crippen LogP contribution in [0.4, 0.5) is 0 Å². The first-order chi connectivity index (χ1) is 8.18. The summed E-state index contributed by atoms with van der Waals surface area (Å²) in [6, 6.07) is 0. The van der Waals surface area contributed by atoms with Crippen LogP contribution in [-0.2, 0) is 9.53 Å². The van der Waals surface area contributed by atoms with Crippen LogP contribution in [0.15, 0.2) is 0 Å². The highest BCUT2D eigenvalue weighted by molar-refractivity contribution is 5.90. The van der Waals surface area contributed by atoms with Crippen LogP contribution in [0.25, 0.3) is 0 Å². The third-order valence-corrected chi connectivity index (χ3v) is 4.57. The Balaban J connectivity index is 2.08. The smallest absolute Gasteiger partial charge is 0.158 e. The van der Waals surface area contributed by atoms with E-state index in [1.807, 2.05) is 0 Å². The van der Waals surface area contributed by atoms with Crippen LogP contribution >= 0.6 is 0 Å². The number of carbonyl (C=O) groups excluding carboxylic acids is 1. The highest BCUT2D eigenvalue weighted by Crippen LogP contribution is 2.30. The first kappa shape index (κ1) is 13.0. The van der Waals surface area contributed by atoms with E-state index in [0.29, 0.717) is 12.4 Å². The number of rotatable bonds is 4. The fourth-order valence-corrected chi connectivity index (χ4v) is 3.12. The van der Waals surface area contributed by atoms with Gasteiger partial charge in [-0.05, 0) is 45.7 Å². The molecule has 0 aromatic carbocycles. The maximum absolute atomic E-state index is 12.7. The zero-order valence-electron chi connectivity index (χ0n) is 11.2. The molecule has 2 atom stereocenters. The molecule has 0 bridgehead atoms. The second-order valence-corrected chi connectivity index (χ2v) is 5.60. The molecule has 0 aromatic rings. The van der Waals surface area contributed by atoms with Crippen LogP contribution in [0.3, 0.4) is 0 Å². The van der Waals surface area contributed by atoms with Gasteiger partial charge in [-0.25, -0.2) is 0 Å². The first-order valence-electron chi connectivity index (χ1n) is 7.05. The van der Waals surface area contributed by atoms with Crippen molar-refractivity contribution < 1.29 is 9.53 Å². The number of likely N-dealkylation sites (tertiary alicyclic amines) is 1. The Morgan fingerprint density at radius 3 is 2.59 bits per heavy atom. The van der Waals surface area contributed by atoms with Gasteiger partial charge in [-0.2, -0.15) is 0 Å². The molecule has 2 fully saturated rings. The number of ketones is 1. The lowest BCUT2D eigenvalue weighted by atomic mass is 9.82. The van der Waals surface area contributed by atoms with E-state index in [4.69, 9.17) is 4.74 Å². The summed E-state index contributed by atoms with van der Waals surface area (Å²) >= 11 is 0. The second kappa shape index (κ2) is 5.49. The molecule has 0 radical (unpaired) electrons. The molecule has 17 heavy (non-hydrogen) atoms. The van der Waals surface area contributed by atoms with E-state index in [1.54, 1.807) is 0 Å². The van der Waals surface area contributed by atoms with Crippen molar-refractivity contribution in [1.29, 1.82) is 0 Å². The standard InChI is InChI=1S/C14H25NO2/c1-3-14(2,15-8-5-4-6-9-15)13(16)12-7-10-17-11-12/h12H,3-11H2,1-2H3. The van der Waals surface area contributed by atoms with Gasteiger partial charge in [0.05, 0.1) is 12.1 Å². The van der Waals surface area contributed by atoms with Crippen molar-refractivity contribution in [3.05, 3.63) is 0 Å².